The summed E-state index contributed by atoms with van der Waals surface area (Å²) in [5, 5.41) is 0.623. The van der Waals surface area contributed by atoms with E-state index in [1.54, 1.807) is 31.2 Å². The number of esters is 1. The van der Waals surface area contributed by atoms with E-state index in [1.807, 2.05) is 0 Å². The second kappa shape index (κ2) is 6.99. The van der Waals surface area contributed by atoms with E-state index in [4.69, 9.17) is 9.47 Å². The van der Waals surface area contributed by atoms with Crippen LogP contribution >= 0.6 is 0 Å². The first kappa shape index (κ1) is 17.7. The highest BCUT2D eigenvalue weighted by Crippen LogP contribution is 2.33. The van der Waals surface area contributed by atoms with Gasteiger partial charge in [-0.25, -0.2) is 4.79 Å². The molecule has 0 fully saturated rings. The molecular formula is C18H14F3NO4. The highest BCUT2D eigenvalue weighted by atomic mass is 19.4. The summed E-state index contributed by atoms with van der Waals surface area (Å²) < 4.78 is 51.2. The van der Waals surface area contributed by atoms with Crippen molar-refractivity contribution in [2.75, 3.05) is 6.61 Å². The maximum atomic E-state index is 12.3. The van der Waals surface area contributed by atoms with E-state index in [2.05, 4.69) is 9.72 Å². The first-order chi connectivity index (χ1) is 12.4. The van der Waals surface area contributed by atoms with Gasteiger partial charge in [0.2, 0.25) is 5.88 Å². The second-order valence-corrected chi connectivity index (χ2v) is 5.22. The van der Waals surface area contributed by atoms with Gasteiger partial charge in [0, 0.05) is 10.9 Å². The third-order valence-corrected chi connectivity index (χ3v) is 3.43. The van der Waals surface area contributed by atoms with Crippen LogP contribution in [-0.2, 0) is 4.74 Å². The number of halogens is 3. The van der Waals surface area contributed by atoms with Gasteiger partial charge in [-0.1, -0.05) is 18.2 Å². The van der Waals surface area contributed by atoms with Crippen molar-refractivity contribution >= 4 is 16.9 Å². The van der Waals surface area contributed by atoms with E-state index in [0.717, 1.165) is 12.1 Å². The third-order valence-electron chi connectivity index (χ3n) is 3.43. The van der Waals surface area contributed by atoms with Crippen LogP contribution in [0.1, 0.15) is 17.3 Å². The third kappa shape index (κ3) is 3.90. The van der Waals surface area contributed by atoms with Crippen molar-refractivity contribution in [3.05, 3.63) is 54.1 Å². The fraction of sp³-hybridized carbons (Fsp3) is 0.167. The van der Waals surface area contributed by atoms with E-state index in [9.17, 15) is 18.0 Å². The number of carbonyl (C=O) groups is 1. The SMILES string of the molecule is CCOC(=O)c1c(Oc2ccc(OC(F)(F)F)cc2)[nH]c2ccccc12. The Balaban J connectivity index is 1.91. The highest BCUT2D eigenvalue weighted by Gasteiger charge is 2.31. The predicted octanol–water partition coefficient (Wildman–Crippen LogP) is 5.04. The molecule has 1 N–H and O–H groups in total. The van der Waals surface area contributed by atoms with E-state index < -0.39 is 12.3 Å². The van der Waals surface area contributed by atoms with Crippen molar-refractivity contribution in [2.24, 2.45) is 0 Å². The average molecular weight is 365 g/mol. The molecule has 0 bridgehead atoms. The molecule has 3 aromatic rings. The fourth-order valence-corrected chi connectivity index (χ4v) is 2.43. The minimum absolute atomic E-state index is 0.147. The molecule has 0 saturated carbocycles. The number of H-pyrrole nitrogens is 1. The van der Waals surface area contributed by atoms with Crippen LogP contribution in [0.3, 0.4) is 0 Å². The Kier molecular flexibility index (Phi) is 4.75. The predicted molar refractivity (Wildman–Crippen MR) is 87.5 cm³/mol. The number of nitrogens with one attached hydrogen (secondary N) is 1. The van der Waals surface area contributed by atoms with Crippen molar-refractivity contribution in [3.63, 3.8) is 0 Å². The highest BCUT2D eigenvalue weighted by molar-refractivity contribution is 6.06. The van der Waals surface area contributed by atoms with Crippen molar-refractivity contribution in [1.82, 2.24) is 4.98 Å². The van der Waals surface area contributed by atoms with Crippen molar-refractivity contribution in [1.29, 1.82) is 0 Å². The molecule has 0 spiro atoms. The molecule has 1 aromatic heterocycles. The lowest BCUT2D eigenvalue weighted by molar-refractivity contribution is -0.274. The summed E-state index contributed by atoms with van der Waals surface area (Å²) in [4.78, 5) is 15.2. The number of hydrogen-bond donors (Lipinski definition) is 1. The monoisotopic (exact) mass is 365 g/mol. The Labute approximate surface area is 146 Å². The van der Waals surface area contributed by atoms with Gasteiger partial charge in [0.25, 0.3) is 0 Å². The van der Waals surface area contributed by atoms with Gasteiger partial charge in [0.05, 0.1) is 6.61 Å². The number of ether oxygens (including phenoxy) is 3. The molecule has 0 aliphatic rings. The molecule has 5 nitrogen and oxygen atoms in total. The Bertz CT molecular complexity index is 916. The van der Waals surface area contributed by atoms with Gasteiger partial charge in [-0.05, 0) is 37.3 Å². The smallest absolute Gasteiger partial charge is 0.462 e. The van der Waals surface area contributed by atoms with Gasteiger partial charge in [0.15, 0.2) is 0 Å². The number of aromatic amines is 1. The second-order valence-electron chi connectivity index (χ2n) is 5.22. The van der Waals surface area contributed by atoms with Crippen LogP contribution in [0, 0.1) is 0 Å². The Morgan fingerprint density at radius 1 is 1.04 bits per heavy atom. The van der Waals surface area contributed by atoms with Crippen LogP contribution in [0.15, 0.2) is 48.5 Å². The first-order valence-corrected chi connectivity index (χ1v) is 7.69. The molecule has 0 aliphatic carbocycles. The molecule has 0 radical (unpaired) electrons. The van der Waals surface area contributed by atoms with Crippen LogP contribution in [-0.4, -0.2) is 23.9 Å². The van der Waals surface area contributed by atoms with Gasteiger partial charge in [0.1, 0.15) is 17.1 Å². The van der Waals surface area contributed by atoms with Crippen LogP contribution < -0.4 is 9.47 Å². The Morgan fingerprint density at radius 2 is 1.69 bits per heavy atom. The summed E-state index contributed by atoms with van der Waals surface area (Å²) >= 11 is 0. The largest absolute Gasteiger partial charge is 0.573 e. The molecule has 3 rings (SSSR count). The summed E-state index contributed by atoms with van der Waals surface area (Å²) in [6.07, 6.45) is -4.77. The maximum Gasteiger partial charge on any atom is 0.573 e. The van der Waals surface area contributed by atoms with Gasteiger partial charge >= 0.3 is 12.3 Å². The minimum Gasteiger partial charge on any atom is -0.462 e. The van der Waals surface area contributed by atoms with Gasteiger partial charge in [-0.3, -0.25) is 0 Å². The molecule has 1 heterocycles. The van der Waals surface area contributed by atoms with Crippen molar-refractivity contribution in [3.8, 4) is 17.4 Å². The summed E-state index contributed by atoms with van der Waals surface area (Å²) in [5.41, 5.74) is 0.889. The van der Waals surface area contributed by atoms with Crippen molar-refractivity contribution in [2.45, 2.75) is 13.3 Å². The lowest BCUT2D eigenvalue weighted by Gasteiger charge is -2.10. The summed E-state index contributed by atoms with van der Waals surface area (Å²) in [7, 11) is 0. The van der Waals surface area contributed by atoms with Crippen LogP contribution in [0.2, 0.25) is 0 Å². The molecule has 8 heteroatoms. The zero-order chi connectivity index (χ0) is 18.7. The number of para-hydroxylation sites is 1. The fourth-order valence-electron chi connectivity index (χ4n) is 2.43. The first-order valence-electron chi connectivity index (χ1n) is 7.69. The molecule has 136 valence electrons. The summed E-state index contributed by atoms with van der Waals surface area (Å²) in [6, 6.07) is 11.9. The molecule has 0 saturated heterocycles. The number of rotatable bonds is 5. The number of benzene rings is 2. The Hall–Kier alpha value is -3.16. The summed E-state index contributed by atoms with van der Waals surface area (Å²) in [5.74, 6) is -0.546. The number of aromatic nitrogens is 1. The van der Waals surface area contributed by atoms with Gasteiger partial charge in [-0.15, -0.1) is 13.2 Å². The normalized spacial score (nSPS) is 11.4. The zero-order valence-electron chi connectivity index (χ0n) is 13.6. The Morgan fingerprint density at radius 3 is 2.35 bits per heavy atom. The lowest BCUT2D eigenvalue weighted by Crippen LogP contribution is -2.16. The quantitative estimate of drug-likeness (QED) is 0.644. The van der Waals surface area contributed by atoms with Crippen LogP contribution in [0.25, 0.3) is 10.9 Å². The molecule has 26 heavy (non-hydrogen) atoms. The van der Waals surface area contributed by atoms with E-state index in [0.29, 0.717) is 10.9 Å². The van der Waals surface area contributed by atoms with Crippen LogP contribution in [0.4, 0.5) is 13.2 Å². The maximum absolute atomic E-state index is 12.3. The number of carbonyl (C=O) groups excluding carboxylic acids is 1. The van der Waals surface area contributed by atoms with Gasteiger partial charge in [-0.2, -0.15) is 0 Å². The van der Waals surface area contributed by atoms with E-state index in [1.165, 1.54) is 12.1 Å². The molecule has 0 atom stereocenters. The van der Waals surface area contributed by atoms with E-state index in [-0.39, 0.29) is 29.5 Å². The number of fused-ring (bicyclic) bond motifs is 1. The van der Waals surface area contributed by atoms with Gasteiger partial charge < -0.3 is 19.2 Å². The number of hydrogen-bond acceptors (Lipinski definition) is 4. The number of alkyl halides is 3. The zero-order valence-corrected chi connectivity index (χ0v) is 13.6. The lowest BCUT2D eigenvalue weighted by atomic mass is 10.2. The van der Waals surface area contributed by atoms with E-state index >= 15 is 0 Å². The molecule has 2 aromatic carbocycles. The summed E-state index contributed by atoms with van der Waals surface area (Å²) in [6.45, 7) is 1.88. The average Bonchev–Trinajstić information content (AvgIpc) is 2.93. The topological polar surface area (TPSA) is 60.6 Å². The molecule has 0 unspecified atom stereocenters. The molecular weight excluding hydrogens is 351 g/mol. The standard InChI is InChI=1S/C18H14F3NO4/c1-2-24-17(23)15-13-5-3-4-6-14(13)22-16(15)25-11-7-9-12(10-8-11)26-18(19,20)21/h3-10,22H,2H2,1H3. The van der Waals surface area contributed by atoms with Crippen LogP contribution in [0.5, 0.6) is 17.4 Å². The molecule has 0 aliphatic heterocycles. The van der Waals surface area contributed by atoms with Crippen molar-refractivity contribution < 1.29 is 32.2 Å². The minimum atomic E-state index is -4.77. The molecule has 0 amide bonds.